The Morgan fingerprint density at radius 1 is 1.14 bits per heavy atom. The van der Waals surface area contributed by atoms with E-state index in [0.29, 0.717) is 19.4 Å². The molecule has 2 aromatic rings. The van der Waals surface area contributed by atoms with Crippen LogP contribution >= 0.6 is 0 Å². The summed E-state index contributed by atoms with van der Waals surface area (Å²) in [5.74, 6) is -1.04. The van der Waals surface area contributed by atoms with Gasteiger partial charge in [-0.15, -0.1) is 0 Å². The van der Waals surface area contributed by atoms with Crippen molar-refractivity contribution in [2.45, 2.75) is 19.4 Å². The number of nitrogens with one attached hydrogen (secondary N) is 1. The summed E-state index contributed by atoms with van der Waals surface area (Å²) in [5, 5.41) is 11.7. The maximum Gasteiger partial charge on any atom is 0.335 e. The van der Waals surface area contributed by atoms with Crippen LogP contribution in [0.15, 0.2) is 48.8 Å². The lowest BCUT2D eigenvalue weighted by molar-refractivity contribution is -0.121. The first-order valence-corrected chi connectivity index (χ1v) is 6.63. The maximum atomic E-state index is 11.8. The lowest BCUT2D eigenvalue weighted by atomic mass is 10.1. The van der Waals surface area contributed by atoms with Crippen molar-refractivity contribution in [3.05, 3.63) is 65.5 Å². The highest BCUT2D eigenvalue weighted by atomic mass is 16.4. The summed E-state index contributed by atoms with van der Waals surface area (Å²) in [5.41, 5.74) is 2.00. The molecular weight excluding hydrogens is 268 g/mol. The van der Waals surface area contributed by atoms with Crippen LogP contribution in [0, 0.1) is 0 Å². The average Bonchev–Trinajstić information content (AvgIpc) is 2.52. The standard InChI is InChI=1S/C16H16N2O3/c19-15(7-6-12-4-2-8-17-10-12)18-11-13-3-1-5-14(9-13)16(20)21/h1-5,8-10H,6-7,11H2,(H,18,19)(H,20,21). The Morgan fingerprint density at radius 3 is 2.67 bits per heavy atom. The number of hydrogen-bond donors (Lipinski definition) is 2. The Hall–Kier alpha value is -2.69. The monoisotopic (exact) mass is 284 g/mol. The Morgan fingerprint density at radius 2 is 1.95 bits per heavy atom. The number of carboxylic acid groups (broad SMARTS) is 1. The van der Waals surface area contributed by atoms with Gasteiger partial charge >= 0.3 is 5.97 Å². The summed E-state index contributed by atoms with van der Waals surface area (Å²) < 4.78 is 0. The number of aryl methyl sites for hydroxylation is 1. The van der Waals surface area contributed by atoms with Gasteiger partial charge in [0.15, 0.2) is 0 Å². The number of benzene rings is 1. The number of carboxylic acids is 1. The third-order valence-corrected chi connectivity index (χ3v) is 3.03. The van der Waals surface area contributed by atoms with Gasteiger partial charge in [-0.2, -0.15) is 0 Å². The Labute approximate surface area is 122 Å². The van der Waals surface area contributed by atoms with Gasteiger partial charge < -0.3 is 10.4 Å². The number of aromatic carboxylic acids is 1. The van der Waals surface area contributed by atoms with E-state index in [-0.39, 0.29) is 11.5 Å². The molecule has 0 saturated carbocycles. The zero-order chi connectivity index (χ0) is 15.1. The highest BCUT2D eigenvalue weighted by Crippen LogP contribution is 2.05. The minimum absolute atomic E-state index is 0.0698. The minimum Gasteiger partial charge on any atom is -0.478 e. The molecular formula is C16H16N2O3. The molecule has 1 aromatic carbocycles. The molecule has 5 nitrogen and oxygen atoms in total. The molecule has 21 heavy (non-hydrogen) atoms. The molecule has 1 amide bonds. The number of pyridine rings is 1. The smallest absolute Gasteiger partial charge is 0.335 e. The van der Waals surface area contributed by atoms with E-state index in [4.69, 9.17) is 5.11 Å². The molecule has 1 aromatic heterocycles. The van der Waals surface area contributed by atoms with Gasteiger partial charge in [-0.3, -0.25) is 9.78 Å². The fraction of sp³-hybridized carbons (Fsp3) is 0.188. The summed E-state index contributed by atoms with van der Waals surface area (Å²) >= 11 is 0. The predicted octanol–water partition coefficient (Wildman–Crippen LogP) is 2.03. The van der Waals surface area contributed by atoms with E-state index in [0.717, 1.165) is 11.1 Å². The van der Waals surface area contributed by atoms with Crippen molar-refractivity contribution < 1.29 is 14.7 Å². The van der Waals surface area contributed by atoms with Crippen LogP contribution in [0.1, 0.15) is 27.9 Å². The van der Waals surface area contributed by atoms with E-state index in [1.807, 2.05) is 12.1 Å². The average molecular weight is 284 g/mol. The minimum atomic E-state index is -0.972. The van der Waals surface area contributed by atoms with Crippen molar-refractivity contribution in [3.8, 4) is 0 Å². The van der Waals surface area contributed by atoms with Crippen molar-refractivity contribution in [1.29, 1.82) is 0 Å². The molecule has 0 spiro atoms. The fourth-order valence-electron chi connectivity index (χ4n) is 1.91. The summed E-state index contributed by atoms with van der Waals surface area (Å²) in [6.45, 7) is 0.326. The number of carbonyl (C=O) groups is 2. The number of carbonyl (C=O) groups excluding carboxylic acids is 1. The van der Waals surface area contributed by atoms with Gasteiger partial charge in [-0.1, -0.05) is 18.2 Å². The van der Waals surface area contributed by atoms with E-state index in [1.165, 1.54) is 6.07 Å². The molecule has 0 aliphatic carbocycles. The van der Waals surface area contributed by atoms with Crippen LogP contribution in [-0.2, 0) is 17.8 Å². The van der Waals surface area contributed by atoms with Crippen LogP contribution in [0.5, 0.6) is 0 Å². The molecule has 0 radical (unpaired) electrons. The van der Waals surface area contributed by atoms with Crippen LogP contribution in [0.3, 0.4) is 0 Å². The van der Waals surface area contributed by atoms with Gasteiger partial charge in [-0.25, -0.2) is 4.79 Å². The molecule has 5 heteroatoms. The molecule has 108 valence electrons. The summed E-state index contributed by atoms with van der Waals surface area (Å²) in [7, 11) is 0. The molecule has 2 N–H and O–H groups in total. The lowest BCUT2D eigenvalue weighted by Gasteiger charge is -2.06. The Bertz CT molecular complexity index is 626. The number of nitrogens with zero attached hydrogens (tertiary/aromatic N) is 1. The quantitative estimate of drug-likeness (QED) is 0.850. The third-order valence-electron chi connectivity index (χ3n) is 3.03. The van der Waals surface area contributed by atoms with Crippen molar-refractivity contribution in [2.75, 3.05) is 0 Å². The van der Waals surface area contributed by atoms with E-state index >= 15 is 0 Å². The zero-order valence-electron chi connectivity index (χ0n) is 11.5. The van der Waals surface area contributed by atoms with Crippen molar-refractivity contribution in [3.63, 3.8) is 0 Å². The highest BCUT2D eigenvalue weighted by molar-refractivity contribution is 5.87. The van der Waals surface area contributed by atoms with Gasteiger partial charge in [0.25, 0.3) is 0 Å². The molecule has 0 aliphatic rings. The largest absolute Gasteiger partial charge is 0.478 e. The van der Waals surface area contributed by atoms with Crippen molar-refractivity contribution in [2.24, 2.45) is 0 Å². The zero-order valence-corrected chi connectivity index (χ0v) is 11.5. The van der Waals surface area contributed by atoms with Crippen molar-refractivity contribution in [1.82, 2.24) is 10.3 Å². The molecule has 2 rings (SSSR count). The van der Waals surface area contributed by atoms with Crippen molar-refractivity contribution >= 4 is 11.9 Å². The second-order valence-electron chi connectivity index (χ2n) is 4.64. The summed E-state index contributed by atoms with van der Waals surface area (Å²) in [6, 6.07) is 10.3. The third kappa shape index (κ3) is 4.72. The predicted molar refractivity (Wildman–Crippen MR) is 77.8 cm³/mol. The molecule has 1 heterocycles. The van der Waals surface area contributed by atoms with Crippen LogP contribution in [0.2, 0.25) is 0 Å². The molecule has 0 unspecified atom stereocenters. The second kappa shape index (κ2) is 7.19. The maximum absolute atomic E-state index is 11.8. The van der Waals surface area contributed by atoms with Crippen LogP contribution in [0.4, 0.5) is 0 Å². The number of rotatable bonds is 6. The number of aromatic nitrogens is 1. The molecule has 0 saturated heterocycles. The van der Waals surface area contributed by atoms with E-state index in [2.05, 4.69) is 10.3 Å². The summed E-state index contributed by atoms with van der Waals surface area (Å²) in [6.07, 6.45) is 4.45. The van der Waals surface area contributed by atoms with Gasteiger partial charge in [-0.05, 0) is 35.7 Å². The van der Waals surface area contributed by atoms with Gasteiger partial charge in [0.2, 0.25) is 5.91 Å². The van der Waals surface area contributed by atoms with E-state index < -0.39 is 5.97 Å². The van der Waals surface area contributed by atoms with Crippen LogP contribution in [0.25, 0.3) is 0 Å². The van der Waals surface area contributed by atoms with E-state index in [1.54, 1.807) is 30.6 Å². The number of hydrogen-bond acceptors (Lipinski definition) is 3. The second-order valence-corrected chi connectivity index (χ2v) is 4.64. The van der Waals surface area contributed by atoms with Gasteiger partial charge in [0.1, 0.15) is 0 Å². The lowest BCUT2D eigenvalue weighted by Crippen LogP contribution is -2.23. The fourth-order valence-corrected chi connectivity index (χ4v) is 1.91. The van der Waals surface area contributed by atoms with Gasteiger partial charge in [0, 0.05) is 25.4 Å². The first kappa shape index (κ1) is 14.7. The molecule has 0 atom stereocenters. The Balaban J connectivity index is 1.81. The molecule has 0 aliphatic heterocycles. The first-order chi connectivity index (χ1) is 10.1. The van der Waals surface area contributed by atoms with Crippen LogP contribution < -0.4 is 5.32 Å². The summed E-state index contributed by atoms with van der Waals surface area (Å²) in [4.78, 5) is 26.6. The number of amides is 1. The molecule has 0 bridgehead atoms. The first-order valence-electron chi connectivity index (χ1n) is 6.63. The normalized spacial score (nSPS) is 10.1. The van der Waals surface area contributed by atoms with Crippen LogP contribution in [-0.4, -0.2) is 22.0 Å². The van der Waals surface area contributed by atoms with Gasteiger partial charge in [0.05, 0.1) is 5.56 Å². The topological polar surface area (TPSA) is 79.3 Å². The SMILES string of the molecule is O=C(CCc1cccnc1)NCc1cccc(C(=O)O)c1. The highest BCUT2D eigenvalue weighted by Gasteiger charge is 2.05. The van der Waals surface area contributed by atoms with E-state index in [9.17, 15) is 9.59 Å². The molecule has 0 fully saturated rings. The Kier molecular flexibility index (Phi) is 5.04.